The Hall–Kier alpha value is -2.08. The molecule has 0 N–H and O–H groups in total. The van der Waals surface area contributed by atoms with Gasteiger partial charge in [0.05, 0.1) is 11.3 Å². The van der Waals surface area contributed by atoms with Crippen molar-refractivity contribution in [2.24, 2.45) is 0 Å². The molecular weight excluding hydrogens is 263 g/mol. The van der Waals surface area contributed by atoms with Crippen LogP contribution in [0.5, 0.6) is 5.75 Å². The van der Waals surface area contributed by atoms with Crippen molar-refractivity contribution < 1.29 is 8.58 Å². The predicted molar refractivity (Wildman–Crippen MR) is 79.2 cm³/mol. The largest absolute Gasteiger partial charge is 0.653 e. The minimum Gasteiger partial charge on any atom is -0.653 e. The van der Waals surface area contributed by atoms with Gasteiger partial charge in [-0.05, 0) is 22.6 Å². The maximum absolute atomic E-state index is 12.8. The van der Waals surface area contributed by atoms with E-state index in [-0.39, 0.29) is 5.78 Å². The fourth-order valence-electron chi connectivity index (χ4n) is 2.98. The molecule has 92 valence electrons. The Balaban J connectivity index is 2.22. The molecule has 0 heterocycles. The maximum Gasteiger partial charge on any atom is 0.482 e. The molecule has 3 aromatic carbocycles. The molecule has 2 nitrogen and oxygen atoms in total. The molecule has 0 amide bonds. The van der Waals surface area contributed by atoms with Crippen molar-refractivity contribution in [3.8, 4) is 16.9 Å². The van der Waals surface area contributed by atoms with E-state index >= 15 is 0 Å². The summed E-state index contributed by atoms with van der Waals surface area (Å²) >= 11 is 2.22. The van der Waals surface area contributed by atoms with E-state index in [4.69, 9.17) is 3.79 Å². The van der Waals surface area contributed by atoms with Crippen LogP contribution in [0.4, 0.5) is 0 Å². The molecule has 0 aromatic heterocycles. The summed E-state index contributed by atoms with van der Waals surface area (Å²) in [6, 6.07) is 17.7. The van der Waals surface area contributed by atoms with Crippen molar-refractivity contribution in [3.05, 3.63) is 65.7 Å². The summed E-state index contributed by atoms with van der Waals surface area (Å²) in [7, 11) is 0. The van der Waals surface area contributed by atoms with Crippen LogP contribution in [0.3, 0.4) is 0 Å². The Morgan fingerprint density at radius 3 is 2.20 bits per heavy atom. The number of ketones is 1. The first-order valence-electron chi connectivity index (χ1n) is 6.38. The van der Waals surface area contributed by atoms with Gasteiger partial charge in [-0.15, -0.1) is 0 Å². The van der Waals surface area contributed by atoms with Crippen LogP contribution in [0.25, 0.3) is 21.9 Å². The van der Waals surface area contributed by atoms with Crippen molar-refractivity contribution in [3.63, 3.8) is 0 Å². The maximum atomic E-state index is 12.8. The first-order chi connectivity index (χ1) is 9.81. The molecule has 0 atom stereocenters. The highest BCUT2D eigenvalue weighted by Crippen LogP contribution is 2.42. The van der Waals surface area contributed by atoms with E-state index in [1.807, 2.05) is 48.5 Å². The fraction of sp³-hybridized carbons (Fsp3) is 0. The zero-order valence-electron chi connectivity index (χ0n) is 10.6. The Bertz CT molecular complexity index is 863. The van der Waals surface area contributed by atoms with Crippen molar-refractivity contribution in [2.45, 2.75) is 0 Å². The lowest BCUT2D eigenvalue weighted by molar-refractivity contribution is 0.103. The van der Waals surface area contributed by atoms with Crippen LogP contribution in [-0.4, -0.2) is 22.4 Å². The molecule has 2 radical (unpaired) electrons. The molecule has 20 heavy (non-hydrogen) atoms. The van der Waals surface area contributed by atoms with Crippen LogP contribution >= 0.6 is 0 Å². The van der Waals surface area contributed by atoms with E-state index in [1.165, 1.54) is 0 Å². The Morgan fingerprint density at radius 1 is 0.800 bits per heavy atom. The second-order valence-corrected chi connectivity index (χ2v) is 5.07. The number of carbonyl (C=O) groups excluding carboxylic acids is 1. The zero-order chi connectivity index (χ0) is 13.7. The number of hydrogen-bond donors (Lipinski definition) is 0. The van der Waals surface area contributed by atoms with Crippen molar-refractivity contribution in [1.82, 2.24) is 0 Å². The number of hydrogen-bond acceptors (Lipinski definition) is 2. The number of fused-ring (bicyclic) bond motifs is 2. The molecule has 0 saturated heterocycles. The van der Waals surface area contributed by atoms with Crippen LogP contribution in [0, 0.1) is 0 Å². The summed E-state index contributed by atoms with van der Waals surface area (Å²) in [4.78, 5) is 12.8. The standard InChI is InChI=1S/C17H10O2.Al/c18-14-9-3-7-12-11-6-1-4-10-5-2-8-13(15(10)11)17(19)16(12)14;/h1-9,18H;/q;+1/p-1. The highest BCUT2D eigenvalue weighted by atomic mass is 27.1. The highest BCUT2D eigenvalue weighted by Gasteiger charge is 2.27. The smallest absolute Gasteiger partial charge is 0.482 e. The Morgan fingerprint density at radius 2 is 1.45 bits per heavy atom. The van der Waals surface area contributed by atoms with Crippen molar-refractivity contribution in [2.75, 3.05) is 0 Å². The van der Waals surface area contributed by atoms with Crippen LogP contribution in [0.2, 0.25) is 0 Å². The summed E-state index contributed by atoms with van der Waals surface area (Å²) < 4.78 is 5.29. The number of rotatable bonds is 1. The average Bonchev–Trinajstić information content (AvgIpc) is 2.51. The zero-order valence-corrected chi connectivity index (χ0v) is 11.7. The lowest BCUT2D eigenvalue weighted by Crippen LogP contribution is -2.11. The first-order valence-corrected chi connectivity index (χ1v) is 6.85. The lowest BCUT2D eigenvalue weighted by Gasteiger charge is -2.22. The van der Waals surface area contributed by atoms with Gasteiger partial charge in [-0.25, -0.2) is 0 Å². The third-order valence-electron chi connectivity index (χ3n) is 3.82. The normalized spacial score (nSPS) is 12.3. The monoisotopic (exact) mass is 272 g/mol. The fourth-order valence-corrected chi connectivity index (χ4v) is 3.17. The molecular formula is C17H9AlO2. The molecule has 1 aliphatic rings. The van der Waals surface area contributed by atoms with Crippen LogP contribution in [-0.2, 0) is 0 Å². The van der Waals surface area contributed by atoms with Crippen LogP contribution in [0.15, 0.2) is 54.6 Å². The molecule has 0 fully saturated rings. The Labute approximate surface area is 124 Å². The molecule has 0 saturated carbocycles. The molecule has 4 rings (SSSR count). The van der Waals surface area contributed by atoms with Gasteiger partial charge < -0.3 is 3.79 Å². The molecule has 0 unspecified atom stereocenters. The minimum absolute atomic E-state index is 0.0300. The van der Waals surface area contributed by atoms with Crippen molar-refractivity contribution in [1.29, 1.82) is 0 Å². The quantitative estimate of drug-likeness (QED) is 0.496. The lowest BCUT2D eigenvalue weighted by atomic mass is 9.82. The second-order valence-electron chi connectivity index (χ2n) is 4.83. The van der Waals surface area contributed by atoms with Gasteiger partial charge in [0, 0.05) is 10.9 Å². The van der Waals surface area contributed by atoms with Gasteiger partial charge in [0.15, 0.2) is 5.78 Å². The van der Waals surface area contributed by atoms with Gasteiger partial charge in [-0.1, -0.05) is 48.5 Å². The van der Waals surface area contributed by atoms with Crippen LogP contribution in [0.1, 0.15) is 15.9 Å². The second kappa shape index (κ2) is 4.21. The van der Waals surface area contributed by atoms with Gasteiger partial charge in [0.2, 0.25) is 0 Å². The third-order valence-corrected chi connectivity index (χ3v) is 4.07. The molecule has 3 aromatic rings. The van der Waals surface area contributed by atoms with E-state index in [0.29, 0.717) is 11.3 Å². The van der Waals surface area contributed by atoms with Gasteiger partial charge in [-0.3, -0.25) is 4.79 Å². The topological polar surface area (TPSA) is 26.3 Å². The van der Waals surface area contributed by atoms with Gasteiger partial charge >= 0.3 is 16.6 Å². The van der Waals surface area contributed by atoms with Gasteiger partial charge in [-0.2, -0.15) is 0 Å². The molecule has 0 spiro atoms. The van der Waals surface area contributed by atoms with Crippen molar-refractivity contribution >= 4 is 33.2 Å². The average molecular weight is 272 g/mol. The molecule has 3 heteroatoms. The SMILES string of the molecule is O=C1c2c([O][Al])cccc2-c2cccc3cccc1c23. The minimum atomic E-state index is 0.0300. The van der Waals surface area contributed by atoms with Gasteiger partial charge in [0.1, 0.15) is 0 Å². The van der Waals surface area contributed by atoms with E-state index in [9.17, 15) is 4.79 Å². The van der Waals surface area contributed by atoms with Crippen LogP contribution < -0.4 is 3.79 Å². The number of carbonyl (C=O) groups is 1. The molecule has 1 aliphatic carbocycles. The van der Waals surface area contributed by atoms with E-state index in [1.54, 1.807) is 0 Å². The summed E-state index contributed by atoms with van der Waals surface area (Å²) in [6.45, 7) is 0. The summed E-state index contributed by atoms with van der Waals surface area (Å²) in [5.74, 6) is 0.631. The molecule has 0 aliphatic heterocycles. The summed E-state index contributed by atoms with van der Waals surface area (Å²) in [6.07, 6.45) is 0. The Kier molecular flexibility index (Phi) is 2.47. The number of benzene rings is 3. The van der Waals surface area contributed by atoms with Gasteiger partial charge in [0.25, 0.3) is 0 Å². The van der Waals surface area contributed by atoms with E-state index < -0.39 is 0 Å². The van der Waals surface area contributed by atoms with E-state index in [2.05, 4.69) is 22.7 Å². The summed E-state index contributed by atoms with van der Waals surface area (Å²) in [5.41, 5.74) is 3.43. The predicted octanol–water partition coefficient (Wildman–Crippen LogP) is 3.51. The first kappa shape index (κ1) is 11.7. The molecule has 0 bridgehead atoms. The third kappa shape index (κ3) is 1.42. The van der Waals surface area contributed by atoms with E-state index in [0.717, 1.165) is 27.5 Å². The summed E-state index contributed by atoms with van der Waals surface area (Å²) in [5, 5.41) is 2.13. The highest BCUT2D eigenvalue weighted by molar-refractivity contribution is 6.27.